The summed E-state index contributed by atoms with van der Waals surface area (Å²) in [6.45, 7) is 0.878. The molecule has 1 aliphatic heterocycles. The van der Waals surface area contributed by atoms with Gasteiger partial charge < -0.3 is 15.4 Å². The second-order valence-corrected chi connectivity index (χ2v) is 4.27. The van der Waals surface area contributed by atoms with Gasteiger partial charge in [0.05, 0.1) is 13.0 Å². The number of hydrogen-bond acceptors (Lipinski definition) is 3. The van der Waals surface area contributed by atoms with Gasteiger partial charge in [0.15, 0.2) is 0 Å². The fourth-order valence-corrected chi connectivity index (χ4v) is 1.91. The predicted octanol–water partition coefficient (Wildman–Crippen LogP) is 0.447. The van der Waals surface area contributed by atoms with Gasteiger partial charge in [-0.3, -0.25) is 9.59 Å². The summed E-state index contributed by atoms with van der Waals surface area (Å²) in [5, 5.41) is 5.47. The zero-order chi connectivity index (χ0) is 13.0. The van der Waals surface area contributed by atoms with Crippen LogP contribution in [-0.4, -0.2) is 25.5 Å². The van der Waals surface area contributed by atoms with E-state index in [0.29, 0.717) is 13.1 Å². The molecule has 0 spiro atoms. The molecule has 1 saturated heterocycles. The first-order valence-corrected chi connectivity index (χ1v) is 5.86. The summed E-state index contributed by atoms with van der Waals surface area (Å²) in [6.07, 6.45) is 0.282. The van der Waals surface area contributed by atoms with Crippen molar-refractivity contribution in [3.05, 3.63) is 29.8 Å². The maximum atomic E-state index is 11.8. The minimum Gasteiger partial charge on any atom is -0.497 e. The number of carbonyl (C=O) groups excluding carboxylic acids is 2. The first kappa shape index (κ1) is 12.4. The van der Waals surface area contributed by atoms with Crippen LogP contribution in [0.3, 0.4) is 0 Å². The standard InChI is InChI=1S/C13H16N2O3/c1-18-11-4-2-3-9(5-11)7-15-13(17)10-6-12(16)14-8-10/h2-5,10H,6-8H2,1H3,(H,14,16)(H,15,17). The van der Waals surface area contributed by atoms with Crippen molar-refractivity contribution in [1.82, 2.24) is 10.6 Å². The highest BCUT2D eigenvalue weighted by Gasteiger charge is 2.27. The lowest BCUT2D eigenvalue weighted by molar-refractivity contribution is -0.126. The van der Waals surface area contributed by atoms with Gasteiger partial charge in [-0.05, 0) is 17.7 Å². The highest BCUT2D eigenvalue weighted by atomic mass is 16.5. The van der Waals surface area contributed by atoms with Gasteiger partial charge in [0.25, 0.3) is 0 Å². The highest BCUT2D eigenvalue weighted by molar-refractivity contribution is 5.89. The van der Waals surface area contributed by atoms with E-state index in [0.717, 1.165) is 11.3 Å². The fraction of sp³-hybridized carbons (Fsp3) is 0.385. The molecule has 18 heavy (non-hydrogen) atoms. The van der Waals surface area contributed by atoms with Crippen molar-refractivity contribution in [3.8, 4) is 5.75 Å². The minimum absolute atomic E-state index is 0.0588. The molecule has 1 heterocycles. The van der Waals surface area contributed by atoms with E-state index in [4.69, 9.17) is 4.74 Å². The average molecular weight is 248 g/mol. The van der Waals surface area contributed by atoms with Crippen molar-refractivity contribution in [3.63, 3.8) is 0 Å². The fourth-order valence-electron chi connectivity index (χ4n) is 1.91. The summed E-state index contributed by atoms with van der Waals surface area (Å²) >= 11 is 0. The van der Waals surface area contributed by atoms with Crippen LogP contribution in [0.5, 0.6) is 5.75 Å². The molecular weight excluding hydrogens is 232 g/mol. The predicted molar refractivity (Wildman–Crippen MR) is 66.0 cm³/mol. The normalized spacial score (nSPS) is 18.3. The summed E-state index contributed by atoms with van der Waals surface area (Å²) in [7, 11) is 1.60. The number of methoxy groups -OCH3 is 1. The van der Waals surface area contributed by atoms with Gasteiger partial charge in [-0.25, -0.2) is 0 Å². The summed E-state index contributed by atoms with van der Waals surface area (Å²) in [4.78, 5) is 22.8. The molecule has 5 heteroatoms. The molecule has 1 fully saturated rings. The minimum atomic E-state index is -0.247. The van der Waals surface area contributed by atoms with Gasteiger partial charge in [0.1, 0.15) is 5.75 Å². The summed E-state index contributed by atoms with van der Waals surface area (Å²) in [6, 6.07) is 7.52. The Morgan fingerprint density at radius 1 is 1.56 bits per heavy atom. The Hall–Kier alpha value is -2.04. The first-order valence-electron chi connectivity index (χ1n) is 5.86. The molecule has 96 valence electrons. The van der Waals surface area contributed by atoms with E-state index >= 15 is 0 Å². The van der Waals surface area contributed by atoms with Gasteiger partial charge in [-0.15, -0.1) is 0 Å². The maximum Gasteiger partial charge on any atom is 0.225 e. The van der Waals surface area contributed by atoms with Gasteiger partial charge >= 0.3 is 0 Å². The number of rotatable bonds is 4. The van der Waals surface area contributed by atoms with E-state index < -0.39 is 0 Å². The molecule has 0 aliphatic carbocycles. The van der Waals surface area contributed by atoms with E-state index in [1.807, 2.05) is 24.3 Å². The number of ether oxygens (including phenoxy) is 1. The van der Waals surface area contributed by atoms with Crippen LogP contribution < -0.4 is 15.4 Å². The van der Waals surface area contributed by atoms with Crippen LogP contribution in [0.4, 0.5) is 0 Å². The Kier molecular flexibility index (Phi) is 3.82. The highest BCUT2D eigenvalue weighted by Crippen LogP contribution is 2.13. The molecule has 2 N–H and O–H groups in total. The Morgan fingerprint density at radius 3 is 3.06 bits per heavy atom. The molecule has 0 bridgehead atoms. The Labute approximate surface area is 106 Å². The molecule has 1 aromatic rings. The summed E-state index contributed by atoms with van der Waals surface area (Å²) in [5.74, 6) is 0.371. The Morgan fingerprint density at radius 2 is 2.39 bits per heavy atom. The lowest BCUT2D eigenvalue weighted by atomic mass is 10.1. The topological polar surface area (TPSA) is 67.4 Å². The van der Waals surface area contributed by atoms with Crippen molar-refractivity contribution in [2.75, 3.05) is 13.7 Å². The van der Waals surface area contributed by atoms with Crippen LogP contribution in [0.15, 0.2) is 24.3 Å². The van der Waals surface area contributed by atoms with Gasteiger partial charge in [0.2, 0.25) is 11.8 Å². The molecule has 1 aliphatic rings. The Balaban J connectivity index is 1.87. The van der Waals surface area contributed by atoms with Crippen LogP contribution in [0.2, 0.25) is 0 Å². The van der Waals surface area contributed by atoms with Crippen LogP contribution in [-0.2, 0) is 16.1 Å². The summed E-state index contributed by atoms with van der Waals surface area (Å²) in [5.41, 5.74) is 0.972. The second kappa shape index (κ2) is 5.53. The number of nitrogens with one attached hydrogen (secondary N) is 2. The number of benzene rings is 1. The van der Waals surface area contributed by atoms with Gasteiger partial charge in [-0.2, -0.15) is 0 Å². The van der Waals surface area contributed by atoms with Crippen LogP contribution >= 0.6 is 0 Å². The molecule has 2 rings (SSSR count). The van der Waals surface area contributed by atoms with E-state index in [1.54, 1.807) is 7.11 Å². The number of hydrogen-bond donors (Lipinski definition) is 2. The van der Waals surface area contributed by atoms with E-state index in [-0.39, 0.29) is 24.2 Å². The third-order valence-corrected chi connectivity index (χ3v) is 2.95. The molecule has 0 aromatic heterocycles. The molecule has 0 saturated carbocycles. The van der Waals surface area contributed by atoms with Crippen LogP contribution in [0.1, 0.15) is 12.0 Å². The van der Waals surface area contributed by atoms with Crippen molar-refractivity contribution in [2.24, 2.45) is 5.92 Å². The summed E-state index contributed by atoms with van der Waals surface area (Å²) < 4.78 is 5.11. The third kappa shape index (κ3) is 3.00. The first-order chi connectivity index (χ1) is 8.69. The zero-order valence-corrected chi connectivity index (χ0v) is 10.2. The van der Waals surface area contributed by atoms with Crippen molar-refractivity contribution in [2.45, 2.75) is 13.0 Å². The molecule has 1 unspecified atom stereocenters. The van der Waals surface area contributed by atoms with Crippen molar-refractivity contribution < 1.29 is 14.3 Å². The van der Waals surface area contributed by atoms with E-state index in [9.17, 15) is 9.59 Å². The lowest BCUT2D eigenvalue weighted by Crippen LogP contribution is -2.31. The van der Waals surface area contributed by atoms with Crippen molar-refractivity contribution in [1.29, 1.82) is 0 Å². The lowest BCUT2D eigenvalue weighted by Gasteiger charge is -2.09. The molecule has 1 aromatic carbocycles. The van der Waals surface area contributed by atoms with Gasteiger partial charge in [-0.1, -0.05) is 12.1 Å². The third-order valence-electron chi connectivity index (χ3n) is 2.95. The quantitative estimate of drug-likeness (QED) is 0.813. The molecular formula is C13H16N2O3. The van der Waals surface area contributed by atoms with E-state index in [2.05, 4.69) is 10.6 Å². The zero-order valence-electron chi connectivity index (χ0n) is 10.2. The smallest absolute Gasteiger partial charge is 0.225 e. The molecule has 5 nitrogen and oxygen atoms in total. The average Bonchev–Trinajstić information content (AvgIpc) is 2.83. The monoisotopic (exact) mass is 248 g/mol. The number of carbonyl (C=O) groups is 2. The van der Waals surface area contributed by atoms with E-state index in [1.165, 1.54) is 0 Å². The SMILES string of the molecule is COc1cccc(CNC(=O)C2CNC(=O)C2)c1. The largest absolute Gasteiger partial charge is 0.497 e. The van der Waals surface area contributed by atoms with Crippen LogP contribution in [0, 0.1) is 5.92 Å². The van der Waals surface area contributed by atoms with Crippen LogP contribution in [0.25, 0.3) is 0 Å². The van der Waals surface area contributed by atoms with Crippen molar-refractivity contribution >= 4 is 11.8 Å². The maximum absolute atomic E-state index is 11.8. The number of amides is 2. The second-order valence-electron chi connectivity index (χ2n) is 4.27. The van der Waals surface area contributed by atoms with Gasteiger partial charge in [0, 0.05) is 19.5 Å². The molecule has 2 amide bonds. The molecule has 0 radical (unpaired) electrons. The molecule has 1 atom stereocenters. The Bertz CT molecular complexity index is 459.